The highest BCUT2D eigenvalue weighted by Crippen LogP contribution is 2.40. The first-order valence-corrected chi connectivity index (χ1v) is 10.1. The molecular weight excluding hydrogens is 422 g/mol. The molecular formula is C22H20ClN3O5. The minimum absolute atomic E-state index is 0.102. The summed E-state index contributed by atoms with van der Waals surface area (Å²) in [6, 6.07) is 10.9. The van der Waals surface area contributed by atoms with Crippen LogP contribution in [0.15, 0.2) is 47.6 Å². The molecule has 0 saturated carbocycles. The second-order valence-corrected chi connectivity index (χ2v) is 7.48. The lowest BCUT2D eigenvalue weighted by Crippen LogP contribution is -2.39. The van der Waals surface area contributed by atoms with Crippen molar-refractivity contribution in [1.29, 1.82) is 0 Å². The molecule has 2 atom stereocenters. The minimum Gasteiger partial charge on any atom is -0.497 e. The molecule has 2 aliphatic rings. The van der Waals surface area contributed by atoms with Gasteiger partial charge >= 0.3 is 5.97 Å². The quantitative estimate of drug-likeness (QED) is 0.523. The molecule has 1 saturated heterocycles. The zero-order chi connectivity index (χ0) is 22.3. The third-order valence-electron chi connectivity index (χ3n) is 5.33. The molecule has 2 aliphatic heterocycles. The number of imide groups is 1. The lowest BCUT2D eigenvalue weighted by molar-refractivity contribution is -0.136. The van der Waals surface area contributed by atoms with E-state index in [2.05, 4.69) is 5.10 Å². The topological polar surface area (TPSA) is 88.5 Å². The van der Waals surface area contributed by atoms with Crippen LogP contribution in [-0.4, -0.2) is 43.3 Å². The molecule has 2 aromatic rings. The van der Waals surface area contributed by atoms with Gasteiger partial charge in [-0.3, -0.25) is 14.6 Å². The minimum atomic E-state index is -1.09. The molecule has 2 heterocycles. The molecule has 0 radical (unpaired) electrons. The molecule has 0 aliphatic carbocycles. The Kier molecular flexibility index (Phi) is 5.41. The normalized spacial score (nSPS) is 20.1. The van der Waals surface area contributed by atoms with E-state index in [0.717, 1.165) is 4.90 Å². The van der Waals surface area contributed by atoms with E-state index in [9.17, 15) is 14.4 Å². The standard InChI is InChI=1S/C22H20ClN3O5/c1-4-31-22(29)18-17-19(26(24-18)13-7-5-8-14(11-13)30-3)21(28)25(20(17)27)16-10-6-9-15(23)12(16)2/h5-11,17,19H,4H2,1-3H3/t17-,19-/m1/s1. The maximum Gasteiger partial charge on any atom is 0.355 e. The first-order valence-electron chi connectivity index (χ1n) is 9.70. The van der Waals surface area contributed by atoms with E-state index in [4.69, 9.17) is 21.1 Å². The van der Waals surface area contributed by atoms with Crippen LogP contribution in [0.1, 0.15) is 12.5 Å². The number of hydrazone groups is 1. The number of fused-ring (bicyclic) bond motifs is 1. The van der Waals surface area contributed by atoms with E-state index >= 15 is 0 Å². The SMILES string of the molecule is CCOC(=O)C1=NN(c2cccc(OC)c2)[C@H]2C(=O)N(c3cccc(Cl)c3C)C(=O)[C@H]12. The number of hydrogen-bond acceptors (Lipinski definition) is 7. The average molecular weight is 442 g/mol. The third kappa shape index (κ3) is 3.33. The monoisotopic (exact) mass is 441 g/mol. The third-order valence-corrected chi connectivity index (χ3v) is 5.74. The Labute approximate surface area is 184 Å². The Hall–Kier alpha value is -3.39. The van der Waals surface area contributed by atoms with Crippen LogP contribution in [0, 0.1) is 12.8 Å². The average Bonchev–Trinajstić information content (AvgIpc) is 3.28. The molecule has 4 rings (SSSR count). The molecule has 31 heavy (non-hydrogen) atoms. The Morgan fingerprint density at radius 3 is 2.61 bits per heavy atom. The van der Waals surface area contributed by atoms with Gasteiger partial charge in [-0.15, -0.1) is 0 Å². The Morgan fingerprint density at radius 2 is 1.90 bits per heavy atom. The number of amides is 2. The van der Waals surface area contributed by atoms with Gasteiger partial charge in [0.2, 0.25) is 5.91 Å². The number of hydrogen-bond donors (Lipinski definition) is 0. The number of halogens is 1. The first kappa shape index (κ1) is 20.9. The van der Waals surface area contributed by atoms with Crippen LogP contribution >= 0.6 is 11.6 Å². The lowest BCUT2D eigenvalue weighted by Gasteiger charge is -2.23. The summed E-state index contributed by atoms with van der Waals surface area (Å²) in [5.41, 5.74) is 1.38. The summed E-state index contributed by atoms with van der Waals surface area (Å²) in [7, 11) is 1.52. The van der Waals surface area contributed by atoms with Gasteiger partial charge in [0, 0.05) is 11.1 Å². The number of methoxy groups -OCH3 is 1. The number of carbonyl (C=O) groups excluding carboxylic acids is 3. The van der Waals surface area contributed by atoms with Crippen molar-refractivity contribution in [3.63, 3.8) is 0 Å². The van der Waals surface area contributed by atoms with Gasteiger partial charge in [0.25, 0.3) is 5.91 Å². The number of rotatable bonds is 5. The zero-order valence-electron chi connectivity index (χ0n) is 17.2. The van der Waals surface area contributed by atoms with E-state index in [1.807, 2.05) is 0 Å². The fourth-order valence-corrected chi connectivity index (χ4v) is 4.00. The fraction of sp³-hybridized carbons (Fsp3) is 0.273. The molecule has 8 nitrogen and oxygen atoms in total. The summed E-state index contributed by atoms with van der Waals surface area (Å²) in [5.74, 6) is -2.30. The summed E-state index contributed by atoms with van der Waals surface area (Å²) in [4.78, 5) is 40.6. The number of carbonyl (C=O) groups is 3. The molecule has 0 aromatic heterocycles. The number of nitrogens with zero attached hydrogens (tertiary/aromatic N) is 3. The molecule has 160 valence electrons. The van der Waals surface area contributed by atoms with Gasteiger partial charge < -0.3 is 9.47 Å². The van der Waals surface area contributed by atoms with Crippen molar-refractivity contribution in [3.8, 4) is 5.75 Å². The molecule has 0 spiro atoms. The molecule has 2 aromatic carbocycles. The van der Waals surface area contributed by atoms with E-state index in [1.165, 1.54) is 12.1 Å². The highest BCUT2D eigenvalue weighted by Gasteiger charge is 2.59. The summed E-state index contributed by atoms with van der Waals surface area (Å²) in [6.07, 6.45) is 0. The lowest BCUT2D eigenvalue weighted by atomic mass is 9.97. The molecule has 0 bridgehead atoms. The summed E-state index contributed by atoms with van der Waals surface area (Å²) in [6.45, 7) is 3.51. The predicted octanol–water partition coefficient (Wildman–Crippen LogP) is 2.95. The van der Waals surface area contributed by atoms with Crippen LogP contribution in [0.25, 0.3) is 0 Å². The Balaban J connectivity index is 1.82. The fourth-order valence-electron chi connectivity index (χ4n) is 3.83. The van der Waals surface area contributed by atoms with Crippen LogP contribution in [0.4, 0.5) is 11.4 Å². The van der Waals surface area contributed by atoms with Gasteiger partial charge in [0.05, 0.1) is 25.1 Å². The largest absolute Gasteiger partial charge is 0.497 e. The summed E-state index contributed by atoms with van der Waals surface area (Å²) < 4.78 is 10.4. The van der Waals surface area contributed by atoms with Crippen molar-refractivity contribution in [3.05, 3.63) is 53.1 Å². The van der Waals surface area contributed by atoms with Gasteiger partial charge in [-0.25, -0.2) is 9.69 Å². The van der Waals surface area contributed by atoms with Crippen LogP contribution in [0.2, 0.25) is 5.02 Å². The molecule has 0 N–H and O–H groups in total. The van der Waals surface area contributed by atoms with Gasteiger partial charge in [0.1, 0.15) is 17.7 Å². The van der Waals surface area contributed by atoms with Crippen LogP contribution < -0.4 is 14.6 Å². The predicted molar refractivity (Wildman–Crippen MR) is 116 cm³/mol. The highest BCUT2D eigenvalue weighted by molar-refractivity contribution is 6.47. The van der Waals surface area contributed by atoms with Crippen molar-refractivity contribution in [1.82, 2.24) is 0 Å². The maximum atomic E-state index is 13.5. The van der Waals surface area contributed by atoms with Crippen molar-refractivity contribution < 1.29 is 23.9 Å². The second-order valence-electron chi connectivity index (χ2n) is 7.07. The number of anilines is 2. The second kappa shape index (κ2) is 8.03. The number of ether oxygens (including phenoxy) is 2. The van der Waals surface area contributed by atoms with Gasteiger partial charge in [-0.05, 0) is 43.7 Å². The van der Waals surface area contributed by atoms with Gasteiger partial charge in [-0.1, -0.05) is 23.7 Å². The first-order chi connectivity index (χ1) is 14.9. The molecule has 9 heteroatoms. The zero-order valence-corrected chi connectivity index (χ0v) is 17.9. The Bertz CT molecular complexity index is 1120. The van der Waals surface area contributed by atoms with Crippen molar-refractivity contribution >= 4 is 46.5 Å². The van der Waals surface area contributed by atoms with Crippen molar-refractivity contribution in [2.75, 3.05) is 23.6 Å². The molecule has 2 amide bonds. The van der Waals surface area contributed by atoms with Crippen LogP contribution in [-0.2, 0) is 19.1 Å². The van der Waals surface area contributed by atoms with E-state index in [-0.39, 0.29) is 12.3 Å². The Morgan fingerprint density at radius 1 is 1.16 bits per heavy atom. The van der Waals surface area contributed by atoms with E-state index in [1.54, 1.807) is 56.3 Å². The maximum absolute atomic E-state index is 13.5. The molecule has 1 fully saturated rings. The van der Waals surface area contributed by atoms with Gasteiger partial charge in [-0.2, -0.15) is 5.10 Å². The summed E-state index contributed by atoms with van der Waals surface area (Å²) in [5, 5.41) is 6.15. The smallest absolute Gasteiger partial charge is 0.355 e. The van der Waals surface area contributed by atoms with E-state index < -0.39 is 29.7 Å². The van der Waals surface area contributed by atoms with E-state index in [0.29, 0.717) is 27.7 Å². The highest BCUT2D eigenvalue weighted by atomic mass is 35.5. The number of benzene rings is 2. The van der Waals surface area contributed by atoms with Crippen molar-refractivity contribution in [2.45, 2.75) is 19.9 Å². The molecule has 0 unspecified atom stereocenters. The van der Waals surface area contributed by atoms with Crippen molar-refractivity contribution in [2.24, 2.45) is 11.0 Å². The van der Waals surface area contributed by atoms with Crippen LogP contribution in [0.3, 0.4) is 0 Å². The summed E-state index contributed by atoms with van der Waals surface area (Å²) >= 11 is 6.22. The van der Waals surface area contributed by atoms with Gasteiger partial charge in [0.15, 0.2) is 5.71 Å². The van der Waals surface area contributed by atoms with Crippen LogP contribution in [0.5, 0.6) is 5.75 Å². The number of esters is 1.